The summed E-state index contributed by atoms with van der Waals surface area (Å²) in [7, 11) is 0. The third-order valence-corrected chi connectivity index (χ3v) is 5.54. The molecule has 0 fully saturated rings. The van der Waals surface area contributed by atoms with Crippen LogP contribution in [0.5, 0.6) is 0 Å². The first-order chi connectivity index (χ1) is 14.1. The Morgan fingerprint density at radius 2 is 1.31 bits per heavy atom. The fourth-order valence-electron chi connectivity index (χ4n) is 3.10. The molecule has 5 heteroatoms. The summed E-state index contributed by atoms with van der Waals surface area (Å²) in [6.45, 7) is 1.70. The molecular weight excluding hydrogens is 382 g/mol. The van der Waals surface area contributed by atoms with Gasteiger partial charge in [0.25, 0.3) is 0 Å². The number of amides is 1. The zero-order valence-electron chi connectivity index (χ0n) is 16.2. The molecule has 1 N–H and O–H groups in total. The van der Waals surface area contributed by atoms with E-state index in [1.807, 2.05) is 91.0 Å². The maximum absolute atomic E-state index is 12.8. The maximum atomic E-state index is 12.8. The number of rotatable bonds is 7. The molecule has 3 aromatic rings. The highest BCUT2D eigenvalue weighted by Gasteiger charge is 2.37. The molecule has 0 radical (unpaired) electrons. The van der Waals surface area contributed by atoms with Gasteiger partial charge in [0.05, 0.1) is 0 Å². The van der Waals surface area contributed by atoms with Crippen LogP contribution in [0.25, 0.3) is 0 Å². The Hall–Kier alpha value is -3.05. The number of hydrogen-bond donors (Lipinski definition) is 1. The smallest absolute Gasteiger partial charge is 0.408 e. The fourth-order valence-corrected chi connectivity index (χ4v) is 3.93. The molecule has 3 rings (SSSR count). The number of carbonyl (C=O) groups excluding carboxylic acids is 2. The number of nitrogens with one attached hydrogen (secondary N) is 1. The summed E-state index contributed by atoms with van der Waals surface area (Å²) in [5.74, 6) is 0.358. The quantitative estimate of drug-likeness (QED) is 0.592. The van der Waals surface area contributed by atoms with E-state index in [9.17, 15) is 9.59 Å². The Labute approximate surface area is 175 Å². The number of thioether (sulfide) groups is 1. The molecule has 148 valence electrons. The van der Waals surface area contributed by atoms with Crippen LogP contribution in [0, 0.1) is 0 Å². The van der Waals surface area contributed by atoms with Gasteiger partial charge in [0.15, 0.2) is 5.12 Å². The lowest BCUT2D eigenvalue weighted by molar-refractivity contribution is -0.109. The van der Waals surface area contributed by atoms with Crippen LogP contribution < -0.4 is 5.32 Å². The van der Waals surface area contributed by atoms with Gasteiger partial charge in [-0.3, -0.25) is 4.79 Å². The van der Waals surface area contributed by atoms with Crippen molar-refractivity contribution >= 4 is 23.0 Å². The first kappa shape index (κ1) is 20.7. The van der Waals surface area contributed by atoms with E-state index >= 15 is 0 Å². The van der Waals surface area contributed by atoms with Crippen LogP contribution in [0.15, 0.2) is 91.0 Å². The van der Waals surface area contributed by atoms with E-state index in [2.05, 4.69) is 5.32 Å². The van der Waals surface area contributed by atoms with Crippen LogP contribution in [-0.2, 0) is 21.7 Å². The predicted octanol–water partition coefficient (Wildman–Crippen LogP) is 5.14. The van der Waals surface area contributed by atoms with Gasteiger partial charge in [-0.1, -0.05) is 103 Å². The van der Waals surface area contributed by atoms with Crippen molar-refractivity contribution < 1.29 is 14.3 Å². The van der Waals surface area contributed by atoms with Gasteiger partial charge in [0.2, 0.25) is 0 Å². The minimum absolute atomic E-state index is 0.0132. The summed E-state index contributed by atoms with van der Waals surface area (Å²) in [5, 5.41) is 3.04. The van der Waals surface area contributed by atoms with Crippen molar-refractivity contribution in [1.82, 2.24) is 5.32 Å². The molecule has 29 heavy (non-hydrogen) atoms. The second-order valence-electron chi connectivity index (χ2n) is 6.60. The summed E-state index contributed by atoms with van der Waals surface area (Å²) in [6, 6.07) is 28.8. The van der Waals surface area contributed by atoms with Crippen molar-refractivity contribution in [2.45, 2.75) is 19.1 Å². The van der Waals surface area contributed by atoms with Gasteiger partial charge < -0.3 is 10.1 Å². The van der Waals surface area contributed by atoms with E-state index in [0.717, 1.165) is 16.7 Å². The molecule has 0 saturated heterocycles. The molecular formula is C24H23NO3S. The topological polar surface area (TPSA) is 55.4 Å². The lowest BCUT2D eigenvalue weighted by atomic mass is 9.84. The van der Waals surface area contributed by atoms with E-state index in [-0.39, 0.29) is 11.7 Å². The van der Waals surface area contributed by atoms with Crippen LogP contribution in [0.3, 0.4) is 0 Å². The van der Waals surface area contributed by atoms with Crippen molar-refractivity contribution in [1.29, 1.82) is 0 Å². The van der Waals surface area contributed by atoms with Crippen LogP contribution >= 0.6 is 11.8 Å². The molecule has 0 saturated carbocycles. The average Bonchev–Trinajstić information content (AvgIpc) is 2.77. The summed E-state index contributed by atoms with van der Waals surface area (Å²) >= 11 is 1.18. The molecule has 0 aromatic heterocycles. The summed E-state index contributed by atoms with van der Waals surface area (Å²) in [6.07, 6.45) is -0.536. The molecule has 0 spiro atoms. The second kappa shape index (κ2) is 9.94. The lowest BCUT2D eigenvalue weighted by Gasteiger charge is -2.35. The zero-order chi connectivity index (χ0) is 20.5. The van der Waals surface area contributed by atoms with E-state index in [1.54, 1.807) is 0 Å². The molecule has 1 amide bonds. The Balaban J connectivity index is 1.92. The van der Waals surface area contributed by atoms with E-state index in [4.69, 9.17) is 4.74 Å². The van der Waals surface area contributed by atoms with Crippen LogP contribution in [-0.4, -0.2) is 17.0 Å². The SMILES string of the molecule is CC(=O)SCC(NC(=O)OCc1ccccc1)(c1ccccc1)c1ccccc1. The van der Waals surface area contributed by atoms with E-state index in [1.165, 1.54) is 18.7 Å². The van der Waals surface area contributed by atoms with Crippen LogP contribution in [0.1, 0.15) is 23.6 Å². The Morgan fingerprint density at radius 1 is 0.828 bits per heavy atom. The largest absolute Gasteiger partial charge is 0.445 e. The number of hydrogen-bond acceptors (Lipinski definition) is 4. The van der Waals surface area contributed by atoms with Gasteiger partial charge >= 0.3 is 6.09 Å². The van der Waals surface area contributed by atoms with E-state index < -0.39 is 11.6 Å². The lowest BCUT2D eigenvalue weighted by Crippen LogP contribution is -2.49. The van der Waals surface area contributed by atoms with Gasteiger partial charge in [-0.2, -0.15) is 0 Å². The summed E-state index contributed by atoms with van der Waals surface area (Å²) in [4.78, 5) is 24.6. The average molecular weight is 406 g/mol. The maximum Gasteiger partial charge on any atom is 0.408 e. The van der Waals surface area contributed by atoms with Crippen LogP contribution in [0.2, 0.25) is 0 Å². The molecule has 0 aliphatic carbocycles. The fraction of sp³-hybridized carbons (Fsp3) is 0.167. The van der Waals surface area contributed by atoms with Gasteiger partial charge in [-0.15, -0.1) is 0 Å². The van der Waals surface area contributed by atoms with E-state index in [0.29, 0.717) is 5.75 Å². The summed E-state index contributed by atoms with van der Waals surface area (Å²) < 4.78 is 5.49. The molecule has 0 unspecified atom stereocenters. The number of carbonyl (C=O) groups is 2. The highest BCUT2D eigenvalue weighted by atomic mass is 32.2. The minimum atomic E-state index is -0.896. The molecule has 0 heterocycles. The normalized spacial score (nSPS) is 10.9. The monoisotopic (exact) mass is 405 g/mol. The molecule has 0 bridgehead atoms. The van der Waals surface area contributed by atoms with Crippen molar-refractivity contribution in [2.24, 2.45) is 0 Å². The molecule has 0 aliphatic heterocycles. The van der Waals surface area contributed by atoms with Gasteiger partial charge in [0.1, 0.15) is 12.1 Å². The minimum Gasteiger partial charge on any atom is -0.445 e. The molecule has 4 nitrogen and oxygen atoms in total. The van der Waals surface area contributed by atoms with Crippen LogP contribution in [0.4, 0.5) is 4.79 Å². The number of alkyl carbamates (subject to hydrolysis) is 1. The Bertz CT molecular complexity index is 891. The van der Waals surface area contributed by atoms with Gasteiger partial charge in [-0.05, 0) is 16.7 Å². The Morgan fingerprint density at radius 3 is 1.79 bits per heavy atom. The van der Waals surface area contributed by atoms with Gasteiger partial charge in [-0.25, -0.2) is 4.79 Å². The van der Waals surface area contributed by atoms with Crippen molar-refractivity contribution in [3.63, 3.8) is 0 Å². The zero-order valence-corrected chi connectivity index (χ0v) is 17.0. The predicted molar refractivity (Wildman–Crippen MR) is 117 cm³/mol. The molecule has 0 aliphatic rings. The molecule has 0 atom stereocenters. The summed E-state index contributed by atoms with van der Waals surface area (Å²) in [5.41, 5.74) is 1.78. The standard InChI is InChI=1S/C24H23NO3S/c1-19(26)29-18-24(21-13-7-3-8-14-21,22-15-9-4-10-16-22)25-23(27)28-17-20-11-5-2-6-12-20/h2-16H,17-18H2,1H3,(H,25,27). The van der Waals surface area contributed by atoms with Crippen molar-refractivity contribution in [2.75, 3.05) is 5.75 Å². The molecule has 3 aromatic carbocycles. The van der Waals surface area contributed by atoms with Crippen molar-refractivity contribution in [3.05, 3.63) is 108 Å². The highest BCUT2D eigenvalue weighted by Crippen LogP contribution is 2.33. The number of ether oxygens (including phenoxy) is 1. The Kier molecular flexibility index (Phi) is 7.09. The van der Waals surface area contributed by atoms with Crippen molar-refractivity contribution in [3.8, 4) is 0 Å². The number of benzene rings is 3. The third-order valence-electron chi connectivity index (χ3n) is 4.55. The first-order valence-electron chi connectivity index (χ1n) is 9.33. The highest BCUT2D eigenvalue weighted by molar-refractivity contribution is 8.13. The third kappa shape index (κ3) is 5.48. The first-order valence-corrected chi connectivity index (χ1v) is 10.3. The van der Waals surface area contributed by atoms with Gasteiger partial charge in [0, 0.05) is 12.7 Å². The second-order valence-corrected chi connectivity index (χ2v) is 7.76.